The molecule has 0 radical (unpaired) electrons. The van der Waals surface area contributed by atoms with Crippen LogP contribution in [0.25, 0.3) is 0 Å². The fraction of sp³-hybridized carbons (Fsp3) is 0.130. The Morgan fingerprint density at radius 2 is 1.27 bits per heavy atom. The van der Waals surface area contributed by atoms with E-state index in [4.69, 9.17) is 0 Å². The first-order valence-corrected chi connectivity index (χ1v) is 8.71. The third-order valence-corrected chi connectivity index (χ3v) is 4.19. The van der Waals surface area contributed by atoms with Crippen LogP contribution in [-0.2, 0) is 11.2 Å². The van der Waals surface area contributed by atoms with E-state index in [2.05, 4.69) is 22.7 Å². The molecule has 0 aliphatic carbocycles. The number of carbonyl (C=O) groups is 1. The molecule has 26 heavy (non-hydrogen) atoms. The van der Waals surface area contributed by atoms with Crippen LogP contribution in [0.4, 0.5) is 0 Å². The van der Waals surface area contributed by atoms with Gasteiger partial charge in [0.05, 0.1) is 5.92 Å². The summed E-state index contributed by atoms with van der Waals surface area (Å²) in [5, 5.41) is 4.31. The van der Waals surface area contributed by atoms with Gasteiger partial charge in [-0.25, -0.2) is 5.43 Å². The molecule has 0 heterocycles. The molecule has 130 valence electrons. The maximum Gasteiger partial charge on any atom is 0.252 e. The largest absolute Gasteiger partial charge is 0.272 e. The zero-order chi connectivity index (χ0) is 18.2. The van der Waals surface area contributed by atoms with Crippen LogP contribution in [0.1, 0.15) is 29.5 Å². The van der Waals surface area contributed by atoms with Crippen molar-refractivity contribution in [3.8, 4) is 0 Å². The monoisotopic (exact) mass is 342 g/mol. The zero-order valence-corrected chi connectivity index (χ0v) is 14.8. The van der Waals surface area contributed by atoms with Crippen LogP contribution < -0.4 is 5.43 Å². The lowest BCUT2D eigenvalue weighted by Gasteiger charge is -2.16. The molecule has 3 aromatic rings. The van der Waals surface area contributed by atoms with Gasteiger partial charge in [0.25, 0.3) is 5.91 Å². The van der Waals surface area contributed by atoms with Crippen LogP contribution in [0.5, 0.6) is 0 Å². The van der Waals surface area contributed by atoms with Crippen LogP contribution in [0.2, 0.25) is 0 Å². The van der Waals surface area contributed by atoms with Gasteiger partial charge in [-0.1, -0.05) is 91.0 Å². The van der Waals surface area contributed by atoms with Gasteiger partial charge in [0.1, 0.15) is 0 Å². The molecule has 0 unspecified atom stereocenters. The Hall–Kier alpha value is -3.20. The summed E-state index contributed by atoms with van der Waals surface area (Å²) in [5.41, 5.74) is 6.69. The van der Waals surface area contributed by atoms with Crippen molar-refractivity contribution in [2.75, 3.05) is 0 Å². The zero-order valence-electron chi connectivity index (χ0n) is 14.8. The maximum atomic E-state index is 12.9. The van der Waals surface area contributed by atoms with Gasteiger partial charge in [0.15, 0.2) is 0 Å². The molecule has 3 rings (SSSR count). The van der Waals surface area contributed by atoms with Crippen molar-refractivity contribution in [1.82, 2.24) is 5.43 Å². The third kappa shape index (κ3) is 4.67. The quantitative estimate of drug-likeness (QED) is 0.518. The topological polar surface area (TPSA) is 41.5 Å². The van der Waals surface area contributed by atoms with Crippen molar-refractivity contribution in [3.63, 3.8) is 0 Å². The minimum atomic E-state index is -0.384. The van der Waals surface area contributed by atoms with E-state index < -0.39 is 0 Å². The van der Waals surface area contributed by atoms with E-state index >= 15 is 0 Å². The Labute approximate surface area is 154 Å². The van der Waals surface area contributed by atoms with Crippen molar-refractivity contribution in [3.05, 3.63) is 108 Å². The van der Waals surface area contributed by atoms with E-state index in [-0.39, 0.29) is 11.8 Å². The van der Waals surface area contributed by atoms with E-state index in [1.165, 1.54) is 5.56 Å². The smallest absolute Gasteiger partial charge is 0.252 e. The second kappa shape index (κ2) is 8.77. The predicted octanol–water partition coefficient (Wildman–Crippen LogP) is 4.55. The van der Waals surface area contributed by atoms with Crippen molar-refractivity contribution in [1.29, 1.82) is 0 Å². The standard InChI is InChI=1S/C23H22N2O/c1-18(17-19-11-5-2-6-12-19)24-25-23(26)22(20-13-7-3-8-14-20)21-15-9-4-10-16-21/h2-16,22H,17H2,1H3,(H,25,26)/b24-18+. The van der Waals surface area contributed by atoms with Gasteiger partial charge in [0.2, 0.25) is 0 Å². The minimum Gasteiger partial charge on any atom is -0.272 e. The molecule has 0 saturated carbocycles. The summed E-state index contributed by atoms with van der Waals surface area (Å²) in [5.74, 6) is -0.513. The fourth-order valence-corrected chi connectivity index (χ4v) is 2.93. The molecule has 1 N–H and O–H groups in total. The summed E-state index contributed by atoms with van der Waals surface area (Å²) < 4.78 is 0. The number of rotatable bonds is 6. The minimum absolute atomic E-state index is 0.130. The fourth-order valence-electron chi connectivity index (χ4n) is 2.93. The summed E-state index contributed by atoms with van der Waals surface area (Å²) >= 11 is 0. The molecule has 0 atom stereocenters. The number of hydrogen-bond acceptors (Lipinski definition) is 2. The molecule has 0 aromatic heterocycles. The Balaban J connectivity index is 1.77. The second-order valence-electron chi connectivity index (χ2n) is 6.24. The summed E-state index contributed by atoms with van der Waals surface area (Å²) in [6.07, 6.45) is 0.711. The Morgan fingerprint density at radius 1 is 0.808 bits per heavy atom. The Morgan fingerprint density at radius 3 is 1.77 bits per heavy atom. The number of hydrogen-bond donors (Lipinski definition) is 1. The lowest BCUT2D eigenvalue weighted by Crippen LogP contribution is -2.27. The SMILES string of the molecule is C/C(Cc1ccccc1)=N\NC(=O)C(c1ccccc1)c1ccccc1. The number of nitrogens with zero attached hydrogens (tertiary/aromatic N) is 1. The summed E-state index contributed by atoms with van der Waals surface area (Å²) in [6, 6.07) is 29.7. The van der Waals surface area contributed by atoms with Gasteiger partial charge in [-0.2, -0.15) is 5.10 Å². The number of benzene rings is 3. The highest BCUT2D eigenvalue weighted by atomic mass is 16.2. The molecule has 3 heteroatoms. The highest BCUT2D eigenvalue weighted by Gasteiger charge is 2.22. The highest BCUT2D eigenvalue weighted by molar-refractivity contribution is 5.90. The molecular weight excluding hydrogens is 320 g/mol. The van der Waals surface area contributed by atoms with Crippen LogP contribution in [0.3, 0.4) is 0 Å². The number of nitrogens with one attached hydrogen (secondary N) is 1. The third-order valence-electron chi connectivity index (χ3n) is 4.19. The van der Waals surface area contributed by atoms with E-state index in [1.54, 1.807) is 0 Å². The highest BCUT2D eigenvalue weighted by Crippen LogP contribution is 2.24. The average molecular weight is 342 g/mol. The molecule has 0 bridgehead atoms. The van der Waals surface area contributed by atoms with E-state index in [9.17, 15) is 4.79 Å². The van der Waals surface area contributed by atoms with E-state index in [1.807, 2.05) is 85.8 Å². The summed E-state index contributed by atoms with van der Waals surface area (Å²) in [7, 11) is 0. The van der Waals surface area contributed by atoms with Crippen molar-refractivity contribution < 1.29 is 4.79 Å². The molecule has 0 fully saturated rings. The molecule has 0 aliphatic rings. The van der Waals surface area contributed by atoms with Crippen LogP contribution in [-0.4, -0.2) is 11.6 Å². The van der Waals surface area contributed by atoms with Crippen LogP contribution in [0.15, 0.2) is 96.1 Å². The first-order valence-electron chi connectivity index (χ1n) is 8.71. The van der Waals surface area contributed by atoms with Crippen molar-refractivity contribution in [2.45, 2.75) is 19.3 Å². The predicted molar refractivity (Wildman–Crippen MR) is 106 cm³/mol. The Kier molecular flexibility index (Phi) is 5.94. The van der Waals surface area contributed by atoms with Crippen molar-refractivity contribution in [2.24, 2.45) is 5.10 Å². The molecule has 0 aliphatic heterocycles. The number of amides is 1. The van der Waals surface area contributed by atoms with Crippen LogP contribution in [0, 0.1) is 0 Å². The van der Waals surface area contributed by atoms with Gasteiger partial charge in [-0.3, -0.25) is 4.79 Å². The molecule has 3 nitrogen and oxygen atoms in total. The first-order chi connectivity index (χ1) is 12.7. The van der Waals surface area contributed by atoms with Gasteiger partial charge < -0.3 is 0 Å². The average Bonchev–Trinajstić information content (AvgIpc) is 2.69. The van der Waals surface area contributed by atoms with Crippen molar-refractivity contribution >= 4 is 11.6 Å². The lowest BCUT2D eigenvalue weighted by atomic mass is 9.91. The van der Waals surface area contributed by atoms with E-state index in [0.29, 0.717) is 6.42 Å². The van der Waals surface area contributed by atoms with Gasteiger partial charge in [-0.15, -0.1) is 0 Å². The number of carbonyl (C=O) groups excluding carboxylic acids is 1. The summed E-state index contributed by atoms with van der Waals surface area (Å²) in [4.78, 5) is 12.9. The number of hydrazone groups is 1. The summed E-state index contributed by atoms with van der Waals surface area (Å²) in [6.45, 7) is 1.92. The van der Waals surface area contributed by atoms with Gasteiger partial charge >= 0.3 is 0 Å². The van der Waals surface area contributed by atoms with E-state index in [0.717, 1.165) is 16.8 Å². The molecule has 3 aromatic carbocycles. The molecule has 0 saturated heterocycles. The van der Waals surface area contributed by atoms with Gasteiger partial charge in [-0.05, 0) is 23.6 Å². The Bertz CT molecular complexity index is 819. The van der Waals surface area contributed by atoms with Crippen LogP contribution >= 0.6 is 0 Å². The first kappa shape index (κ1) is 17.6. The molecule has 1 amide bonds. The second-order valence-corrected chi connectivity index (χ2v) is 6.24. The molecular formula is C23H22N2O. The normalized spacial score (nSPS) is 11.4. The molecule has 0 spiro atoms. The maximum absolute atomic E-state index is 12.9. The lowest BCUT2D eigenvalue weighted by molar-refractivity contribution is -0.121. The van der Waals surface area contributed by atoms with Gasteiger partial charge in [0, 0.05) is 12.1 Å².